The second kappa shape index (κ2) is 8.53. The SMILES string of the molecule is CC(c1ccc(F)cc1F)N1CCN(c2cnn(-c3ccccc3)c(=O)c2Cl)CC1. The second-order valence-electron chi connectivity index (χ2n) is 7.26. The van der Waals surface area contributed by atoms with Crippen LogP contribution in [0.2, 0.25) is 5.02 Å². The smallest absolute Gasteiger partial charge is 0.292 e. The first-order chi connectivity index (χ1) is 14.5. The molecule has 0 amide bonds. The van der Waals surface area contributed by atoms with Gasteiger partial charge in [0.1, 0.15) is 16.7 Å². The highest BCUT2D eigenvalue weighted by Gasteiger charge is 2.26. The number of nitrogens with zero attached hydrogens (tertiary/aromatic N) is 4. The van der Waals surface area contributed by atoms with Gasteiger partial charge in [0, 0.05) is 43.9 Å². The Morgan fingerprint density at radius 1 is 1.03 bits per heavy atom. The van der Waals surface area contributed by atoms with E-state index in [1.54, 1.807) is 18.3 Å². The maximum atomic E-state index is 14.1. The zero-order valence-electron chi connectivity index (χ0n) is 16.4. The van der Waals surface area contributed by atoms with Gasteiger partial charge in [0.2, 0.25) is 0 Å². The number of para-hydroxylation sites is 1. The van der Waals surface area contributed by atoms with Crippen molar-refractivity contribution in [1.29, 1.82) is 0 Å². The lowest BCUT2D eigenvalue weighted by molar-refractivity contribution is 0.195. The predicted molar refractivity (Wildman–Crippen MR) is 113 cm³/mol. The molecule has 1 aromatic heterocycles. The van der Waals surface area contributed by atoms with Gasteiger partial charge in [-0.05, 0) is 25.1 Å². The van der Waals surface area contributed by atoms with Gasteiger partial charge in [-0.3, -0.25) is 9.69 Å². The number of piperazine rings is 1. The normalized spacial score (nSPS) is 15.9. The van der Waals surface area contributed by atoms with E-state index in [0.29, 0.717) is 43.1 Å². The van der Waals surface area contributed by atoms with Crippen LogP contribution >= 0.6 is 11.6 Å². The van der Waals surface area contributed by atoms with Crippen LogP contribution in [0, 0.1) is 11.6 Å². The fourth-order valence-electron chi connectivity index (χ4n) is 3.78. The van der Waals surface area contributed by atoms with Gasteiger partial charge in [-0.2, -0.15) is 9.78 Å². The van der Waals surface area contributed by atoms with Crippen molar-refractivity contribution in [2.75, 3.05) is 31.1 Å². The first-order valence-corrected chi connectivity index (χ1v) is 10.1. The molecule has 3 aromatic rings. The average Bonchev–Trinajstić information content (AvgIpc) is 2.76. The Labute approximate surface area is 178 Å². The van der Waals surface area contributed by atoms with Crippen molar-refractivity contribution in [2.45, 2.75) is 13.0 Å². The van der Waals surface area contributed by atoms with Crippen molar-refractivity contribution in [1.82, 2.24) is 14.7 Å². The van der Waals surface area contributed by atoms with Crippen LogP contribution < -0.4 is 10.5 Å². The molecule has 0 N–H and O–H groups in total. The van der Waals surface area contributed by atoms with Crippen molar-refractivity contribution in [3.63, 3.8) is 0 Å². The highest BCUT2D eigenvalue weighted by Crippen LogP contribution is 2.28. The zero-order valence-corrected chi connectivity index (χ0v) is 17.2. The minimum absolute atomic E-state index is 0.125. The van der Waals surface area contributed by atoms with E-state index < -0.39 is 11.6 Å². The summed E-state index contributed by atoms with van der Waals surface area (Å²) in [5.41, 5.74) is 1.34. The van der Waals surface area contributed by atoms with Crippen molar-refractivity contribution in [3.05, 3.63) is 87.3 Å². The highest BCUT2D eigenvalue weighted by atomic mass is 35.5. The van der Waals surface area contributed by atoms with Crippen molar-refractivity contribution < 1.29 is 8.78 Å². The molecule has 0 radical (unpaired) electrons. The van der Waals surface area contributed by atoms with E-state index in [-0.39, 0.29) is 16.6 Å². The van der Waals surface area contributed by atoms with Gasteiger partial charge in [-0.1, -0.05) is 35.9 Å². The van der Waals surface area contributed by atoms with Crippen LogP contribution in [0.1, 0.15) is 18.5 Å². The van der Waals surface area contributed by atoms with Gasteiger partial charge < -0.3 is 4.90 Å². The molecule has 1 unspecified atom stereocenters. The molecule has 2 aromatic carbocycles. The second-order valence-corrected chi connectivity index (χ2v) is 7.64. The molecule has 8 heteroatoms. The number of rotatable bonds is 4. The van der Waals surface area contributed by atoms with E-state index in [9.17, 15) is 13.6 Å². The lowest BCUT2D eigenvalue weighted by Crippen LogP contribution is -2.47. The maximum Gasteiger partial charge on any atom is 0.292 e. The molecule has 30 heavy (non-hydrogen) atoms. The van der Waals surface area contributed by atoms with E-state index in [2.05, 4.69) is 10.00 Å². The monoisotopic (exact) mass is 430 g/mol. The molecule has 1 saturated heterocycles. The lowest BCUT2D eigenvalue weighted by Gasteiger charge is -2.39. The van der Waals surface area contributed by atoms with Gasteiger partial charge in [-0.25, -0.2) is 8.78 Å². The predicted octanol–water partition coefficient (Wildman–Crippen LogP) is 4.05. The van der Waals surface area contributed by atoms with Crippen LogP contribution in [0.15, 0.2) is 59.5 Å². The zero-order chi connectivity index (χ0) is 21.3. The standard InChI is InChI=1S/C22H21ClF2N4O/c1-15(18-8-7-16(24)13-19(18)25)27-9-11-28(12-10-27)20-14-26-29(22(30)21(20)23)17-5-3-2-4-6-17/h2-8,13-15H,9-12H2,1H3. The van der Waals surface area contributed by atoms with Crippen LogP contribution in [0.3, 0.4) is 0 Å². The molecular weight excluding hydrogens is 410 g/mol. The Bertz CT molecular complexity index is 1100. The summed E-state index contributed by atoms with van der Waals surface area (Å²) in [7, 11) is 0. The van der Waals surface area contributed by atoms with Gasteiger partial charge in [0.05, 0.1) is 17.6 Å². The Kier molecular flexibility index (Phi) is 5.83. The molecule has 4 rings (SSSR count). The third kappa shape index (κ3) is 3.95. The van der Waals surface area contributed by atoms with Crippen LogP contribution in [0.25, 0.3) is 5.69 Å². The van der Waals surface area contributed by atoms with E-state index >= 15 is 0 Å². The van der Waals surface area contributed by atoms with E-state index in [4.69, 9.17) is 11.6 Å². The fourth-order valence-corrected chi connectivity index (χ4v) is 4.03. The molecule has 0 aliphatic carbocycles. The van der Waals surface area contributed by atoms with Gasteiger partial charge >= 0.3 is 0 Å². The Morgan fingerprint density at radius 2 is 1.73 bits per heavy atom. The van der Waals surface area contributed by atoms with Gasteiger partial charge in [0.15, 0.2) is 0 Å². The van der Waals surface area contributed by atoms with E-state index in [0.717, 1.165) is 6.07 Å². The van der Waals surface area contributed by atoms with Gasteiger partial charge in [-0.15, -0.1) is 0 Å². The minimum Gasteiger partial charge on any atom is -0.366 e. The molecule has 1 aliphatic heterocycles. The number of hydrogen-bond donors (Lipinski definition) is 0. The number of aromatic nitrogens is 2. The summed E-state index contributed by atoms with van der Waals surface area (Å²) < 4.78 is 28.6. The fraction of sp³-hybridized carbons (Fsp3) is 0.273. The topological polar surface area (TPSA) is 41.4 Å². The largest absolute Gasteiger partial charge is 0.366 e. The van der Waals surface area contributed by atoms with Crippen molar-refractivity contribution >= 4 is 17.3 Å². The lowest BCUT2D eigenvalue weighted by atomic mass is 10.1. The van der Waals surface area contributed by atoms with Crippen molar-refractivity contribution in [2.24, 2.45) is 0 Å². The van der Waals surface area contributed by atoms with Crippen LogP contribution in [0.4, 0.5) is 14.5 Å². The molecule has 2 heterocycles. The summed E-state index contributed by atoms with van der Waals surface area (Å²) in [5.74, 6) is -1.12. The summed E-state index contributed by atoms with van der Waals surface area (Å²) in [5, 5.41) is 4.41. The number of anilines is 1. The summed E-state index contributed by atoms with van der Waals surface area (Å²) in [6.45, 7) is 4.43. The Balaban J connectivity index is 1.49. The molecular formula is C22H21ClF2N4O. The molecule has 0 bridgehead atoms. The van der Waals surface area contributed by atoms with Crippen molar-refractivity contribution in [3.8, 4) is 5.69 Å². The molecule has 1 aliphatic rings. The maximum absolute atomic E-state index is 14.1. The van der Waals surface area contributed by atoms with Crippen LogP contribution in [0.5, 0.6) is 0 Å². The summed E-state index contributed by atoms with van der Waals surface area (Å²) in [6.07, 6.45) is 1.61. The van der Waals surface area contributed by atoms with Crippen LogP contribution in [-0.4, -0.2) is 40.9 Å². The summed E-state index contributed by atoms with van der Waals surface area (Å²) in [4.78, 5) is 16.8. The van der Waals surface area contributed by atoms with E-state index in [1.165, 1.54) is 16.8 Å². The molecule has 5 nitrogen and oxygen atoms in total. The average molecular weight is 431 g/mol. The first-order valence-electron chi connectivity index (χ1n) is 9.73. The minimum atomic E-state index is -0.583. The van der Waals surface area contributed by atoms with E-state index in [1.807, 2.05) is 30.0 Å². The highest BCUT2D eigenvalue weighted by molar-refractivity contribution is 6.33. The Hall–Kier alpha value is -2.77. The number of benzene rings is 2. The third-order valence-corrected chi connectivity index (χ3v) is 5.87. The molecule has 1 fully saturated rings. The summed E-state index contributed by atoms with van der Waals surface area (Å²) in [6, 6.07) is 12.6. The summed E-state index contributed by atoms with van der Waals surface area (Å²) >= 11 is 6.40. The number of halogens is 3. The third-order valence-electron chi connectivity index (χ3n) is 5.52. The molecule has 0 saturated carbocycles. The quantitative estimate of drug-likeness (QED) is 0.626. The van der Waals surface area contributed by atoms with Gasteiger partial charge in [0.25, 0.3) is 5.56 Å². The van der Waals surface area contributed by atoms with Crippen LogP contribution in [-0.2, 0) is 0 Å². The molecule has 1 atom stereocenters. The Morgan fingerprint density at radius 3 is 2.40 bits per heavy atom. The molecule has 0 spiro atoms. The molecule has 156 valence electrons. The number of hydrogen-bond acceptors (Lipinski definition) is 4. The first kappa shape index (κ1) is 20.5.